The summed E-state index contributed by atoms with van der Waals surface area (Å²) in [5.41, 5.74) is 12.1. The van der Waals surface area contributed by atoms with Crippen molar-refractivity contribution in [2.24, 2.45) is 0 Å². The summed E-state index contributed by atoms with van der Waals surface area (Å²) in [6, 6.07) is 26.6. The van der Waals surface area contributed by atoms with Crippen LogP contribution < -0.4 is 14.8 Å². The maximum atomic E-state index is 14.3. The number of rotatable bonds is 7. The van der Waals surface area contributed by atoms with Crippen molar-refractivity contribution in [1.82, 2.24) is 30.2 Å². The Labute approximate surface area is 339 Å². The number of aromatic amines is 2. The van der Waals surface area contributed by atoms with Crippen LogP contribution in [0.5, 0.6) is 11.5 Å². The smallest absolute Gasteiger partial charge is 0.410 e. The minimum atomic E-state index is -0.399. The molecule has 0 radical (unpaired) electrons. The Hall–Kier alpha value is -6.53. The van der Waals surface area contributed by atoms with E-state index in [1.807, 2.05) is 36.4 Å². The maximum Gasteiger partial charge on any atom is 0.410 e. The highest BCUT2D eigenvalue weighted by Crippen LogP contribution is 2.36. The first-order chi connectivity index (χ1) is 28.8. The maximum absolute atomic E-state index is 14.3. The second-order valence-corrected chi connectivity index (χ2v) is 14.9. The van der Waals surface area contributed by atoms with Gasteiger partial charge in [-0.25, -0.2) is 13.6 Å². The van der Waals surface area contributed by atoms with Gasteiger partial charge in [0.2, 0.25) is 0 Å². The van der Waals surface area contributed by atoms with Gasteiger partial charge >= 0.3 is 6.09 Å². The van der Waals surface area contributed by atoms with E-state index in [0.29, 0.717) is 39.0 Å². The molecule has 2 aliphatic rings. The Bertz CT molecular complexity index is 2890. The molecule has 0 saturated carbocycles. The number of H-pyrrole nitrogens is 2. The summed E-state index contributed by atoms with van der Waals surface area (Å²) >= 11 is 0. The number of methoxy groups -OCH3 is 2. The monoisotopic (exact) mass is 794 g/mol. The average molecular weight is 795 g/mol. The van der Waals surface area contributed by atoms with Crippen LogP contribution in [0.4, 0.5) is 13.6 Å². The number of aromatic nitrogens is 4. The number of pyridine rings is 2. The van der Waals surface area contributed by atoms with E-state index in [0.717, 1.165) is 91.8 Å². The summed E-state index contributed by atoms with van der Waals surface area (Å²) in [7, 11) is 2.93. The molecule has 1 amide bonds. The van der Waals surface area contributed by atoms with E-state index in [9.17, 15) is 13.6 Å². The quantitative estimate of drug-likeness (QED) is 0.147. The fraction of sp³-hybridized carbons (Fsp3) is 0.255. The van der Waals surface area contributed by atoms with Crippen LogP contribution >= 0.6 is 0 Å². The number of benzene rings is 4. The molecule has 0 atom stereocenters. The number of ether oxygens (including phenoxy) is 3. The van der Waals surface area contributed by atoms with Crippen LogP contribution in [0, 0.1) is 11.6 Å². The fourth-order valence-electron chi connectivity index (χ4n) is 8.60. The third-order valence-corrected chi connectivity index (χ3v) is 11.3. The summed E-state index contributed by atoms with van der Waals surface area (Å²) in [5, 5.41) is 8.18. The first-order valence-electron chi connectivity index (χ1n) is 19.9. The molecule has 10 nitrogen and oxygen atoms in total. The van der Waals surface area contributed by atoms with Crippen molar-refractivity contribution in [3.63, 3.8) is 0 Å². The van der Waals surface area contributed by atoms with E-state index in [-0.39, 0.29) is 23.4 Å². The number of fused-ring (bicyclic) bond motifs is 10. The highest BCUT2D eigenvalue weighted by molar-refractivity contribution is 6.11. The summed E-state index contributed by atoms with van der Waals surface area (Å²) in [4.78, 5) is 31.0. The standard InChI is InChI=1S/C25H24FN3O3.C22H20FN3O/c1-3-32-25(30)29-11-10-17-21(14-29)27-20(13-15-8-9-22(31-2)18(26)12-15)24-23(17)16-6-4-5-7-19(16)28-24;1-27-20-7-6-13(10-16(20)23)11-18-22-21(14-4-2-3-5-17(14)26-22)15-8-9-24-12-19(15)25-18/h4-9,12,28H,3,10-11,13-14H2,1-2H3;2-7,10,24,26H,8-9,11-12H2,1H3. The zero-order valence-corrected chi connectivity index (χ0v) is 33.2. The molecule has 2 aliphatic heterocycles. The molecule has 8 aromatic rings. The SMILES string of the molecule is CCOC(=O)N1CCc2c(nc(Cc3ccc(OC)c(F)c3)c3[nH]c4ccccc4c23)C1.COc1ccc(Cc2nc3c(c4c2[nH]c2ccccc24)CCNC3)cc1F. The van der Waals surface area contributed by atoms with Crippen molar-refractivity contribution in [2.75, 3.05) is 33.9 Å². The topological polar surface area (TPSA) is 117 Å². The molecule has 0 unspecified atom stereocenters. The van der Waals surface area contributed by atoms with Gasteiger partial charge < -0.3 is 34.4 Å². The van der Waals surface area contributed by atoms with Crippen LogP contribution in [0.3, 0.4) is 0 Å². The lowest BCUT2D eigenvalue weighted by Gasteiger charge is -2.28. The molecule has 0 bridgehead atoms. The number of nitrogens with zero attached hydrogens (tertiary/aromatic N) is 3. The Morgan fingerprint density at radius 1 is 0.729 bits per heavy atom. The van der Waals surface area contributed by atoms with Gasteiger partial charge in [0, 0.05) is 58.5 Å². The summed E-state index contributed by atoms with van der Waals surface area (Å²) < 4.78 is 43.7. The van der Waals surface area contributed by atoms with Gasteiger partial charge in [-0.3, -0.25) is 9.97 Å². The van der Waals surface area contributed by atoms with Crippen LogP contribution in [-0.2, 0) is 43.5 Å². The van der Waals surface area contributed by atoms with E-state index in [2.05, 4.69) is 39.6 Å². The van der Waals surface area contributed by atoms with Crippen LogP contribution in [0.2, 0.25) is 0 Å². The molecule has 4 aromatic carbocycles. The lowest BCUT2D eigenvalue weighted by atomic mass is 9.96. The Morgan fingerprint density at radius 3 is 1.81 bits per heavy atom. The van der Waals surface area contributed by atoms with Crippen molar-refractivity contribution in [1.29, 1.82) is 0 Å². The predicted octanol–water partition coefficient (Wildman–Crippen LogP) is 9.07. The molecular formula is C47H44F2N6O4. The van der Waals surface area contributed by atoms with Gasteiger partial charge in [-0.2, -0.15) is 0 Å². The van der Waals surface area contributed by atoms with Crippen LogP contribution in [-0.4, -0.2) is 64.8 Å². The second kappa shape index (κ2) is 16.0. The van der Waals surface area contributed by atoms with Gasteiger partial charge in [-0.15, -0.1) is 0 Å². The molecule has 0 fully saturated rings. The first-order valence-corrected chi connectivity index (χ1v) is 19.9. The number of hydrogen-bond acceptors (Lipinski definition) is 7. The van der Waals surface area contributed by atoms with Gasteiger partial charge in [-0.1, -0.05) is 48.5 Å². The van der Waals surface area contributed by atoms with Crippen LogP contribution in [0.1, 0.15) is 52.0 Å². The molecular weight excluding hydrogens is 751 g/mol. The third-order valence-electron chi connectivity index (χ3n) is 11.3. The van der Waals surface area contributed by atoms with Crippen molar-refractivity contribution in [3.05, 3.63) is 142 Å². The molecule has 0 saturated heterocycles. The molecule has 59 heavy (non-hydrogen) atoms. The van der Waals surface area contributed by atoms with Gasteiger partial charge in [0.25, 0.3) is 0 Å². The summed E-state index contributed by atoms with van der Waals surface area (Å²) in [6.45, 7) is 4.86. The molecule has 10 rings (SSSR count). The lowest BCUT2D eigenvalue weighted by Crippen LogP contribution is -2.37. The highest BCUT2D eigenvalue weighted by atomic mass is 19.1. The minimum Gasteiger partial charge on any atom is -0.494 e. The number of carbonyl (C=O) groups is 1. The number of para-hydroxylation sites is 2. The molecule has 0 spiro atoms. The van der Waals surface area contributed by atoms with Crippen LogP contribution in [0.25, 0.3) is 43.6 Å². The van der Waals surface area contributed by atoms with Gasteiger partial charge in [-0.05, 0) is 85.0 Å². The molecule has 300 valence electrons. The number of amides is 1. The van der Waals surface area contributed by atoms with E-state index in [1.165, 1.54) is 42.7 Å². The lowest BCUT2D eigenvalue weighted by molar-refractivity contribution is 0.102. The van der Waals surface area contributed by atoms with Gasteiger partial charge in [0.15, 0.2) is 23.1 Å². The van der Waals surface area contributed by atoms with Gasteiger partial charge in [0.05, 0.1) is 61.2 Å². The largest absolute Gasteiger partial charge is 0.494 e. The number of hydrogen-bond donors (Lipinski definition) is 3. The van der Waals surface area contributed by atoms with Crippen molar-refractivity contribution < 1.29 is 27.8 Å². The van der Waals surface area contributed by atoms with E-state index in [1.54, 1.807) is 24.0 Å². The Balaban J connectivity index is 0.000000154. The first kappa shape index (κ1) is 38.0. The molecule has 12 heteroatoms. The molecule has 3 N–H and O–H groups in total. The molecule has 6 heterocycles. The Morgan fingerprint density at radius 2 is 1.27 bits per heavy atom. The van der Waals surface area contributed by atoms with E-state index >= 15 is 0 Å². The van der Waals surface area contributed by atoms with E-state index in [4.69, 9.17) is 24.2 Å². The molecule has 4 aromatic heterocycles. The van der Waals surface area contributed by atoms with Crippen molar-refractivity contribution in [2.45, 2.75) is 45.7 Å². The molecule has 0 aliphatic carbocycles. The third kappa shape index (κ3) is 7.18. The summed E-state index contributed by atoms with van der Waals surface area (Å²) in [5.74, 6) is -0.267. The van der Waals surface area contributed by atoms with Crippen molar-refractivity contribution in [3.8, 4) is 11.5 Å². The normalized spacial score (nSPS) is 13.6. The fourth-order valence-corrected chi connectivity index (χ4v) is 8.60. The Kier molecular flexibility index (Phi) is 10.3. The summed E-state index contributed by atoms with van der Waals surface area (Å²) in [6.07, 6.45) is 2.38. The zero-order valence-electron chi connectivity index (χ0n) is 33.2. The highest BCUT2D eigenvalue weighted by Gasteiger charge is 2.27. The number of carbonyl (C=O) groups excluding carboxylic acids is 1. The number of halogens is 2. The van der Waals surface area contributed by atoms with Crippen molar-refractivity contribution >= 4 is 49.7 Å². The predicted molar refractivity (Wildman–Crippen MR) is 225 cm³/mol. The van der Waals surface area contributed by atoms with Crippen LogP contribution in [0.15, 0.2) is 84.9 Å². The van der Waals surface area contributed by atoms with Gasteiger partial charge in [0.1, 0.15) is 0 Å². The minimum absolute atomic E-state index is 0.216. The zero-order chi connectivity index (χ0) is 40.6. The second-order valence-electron chi connectivity index (χ2n) is 14.9. The average Bonchev–Trinajstić information content (AvgIpc) is 3.85. The number of nitrogens with one attached hydrogen (secondary N) is 3. The van der Waals surface area contributed by atoms with E-state index < -0.39 is 5.82 Å².